The lowest BCUT2D eigenvalue weighted by molar-refractivity contribution is -0.00428. The minimum Gasteiger partial charge on any atom is -0.438 e. The van der Waals surface area contributed by atoms with Gasteiger partial charge < -0.3 is 14.2 Å². The lowest BCUT2D eigenvalue weighted by atomic mass is 10.2. The molecule has 0 fully saturated rings. The van der Waals surface area contributed by atoms with Crippen LogP contribution in [0.3, 0.4) is 0 Å². The largest absolute Gasteiger partial charge is 0.508 e. The molecule has 0 radical (unpaired) electrons. The van der Waals surface area contributed by atoms with Gasteiger partial charge >= 0.3 is 6.16 Å². The van der Waals surface area contributed by atoms with Gasteiger partial charge in [0, 0.05) is 4.90 Å². The van der Waals surface area contributed by atoms with E-state index in [1.165, 1.54) is 7.11 Å². The van der Waals surface area contributed by atoms with E-state index in [-0.39, 0.29) is 12.4 Å². The Morgan fingerprint density at radius 3 is 2.17 bits per heavy atom. The molecule has 0 aliphatic rings. The van der Waals surface area contributed by atoms with Crippen LogP contribution in [0.25, 0.3) is 0 Å². The molecule has 0 saturated carbocycles. The fraction of sp³-hybridized carbons (Fsp3) is 0.381. The summed E-state index contributed by atoms with van der Waals surface area (Å²) >= 11 is 0. The van der Waals surface area contributed by atoms with Gasteiger partial charge in [0.05, 0.1) is 35.8 Å². The van der Waals surface area contributed by atoms with Gasteiger partial charge in [0.25, 0.3) is 0 Å². The van der Waals surface area contributed by atoms with E-state index in [1.54, 1.807) is 12.1 Å². The van der Waals surface area contributed by atoms with Crippen molar-refractivity contribution >= 4 is 24.1 Å². The number of carbonyl (C=O) groups excluding carboxylic acids is 1. The highest BCUT2D eigenvalue weighted by molar-refractivity contribution is 7.94. The van der Waals surface area contributed by atoms with E-state index >= 15 is 0 Å². The van der Waals surface area contributed by atoms with Crippen molar-refractivity contribution in [3.8, 4) is 0 Å². The van der Waals surface area contributed by atoms with Crippen LogP contribution in [0.5, 0.6) is 0 Å². The number of rotatable bonds is 9. The van der Waals surface area contributed by atoms with Crippen LogP contribution < -0.4 is 0 Å². The first-order chi connectivity index (χ1) is 13.7. The number of nitrogens with zero attached hydrogens (tertiary/aromatic N) is 1. The molecule has 0 saturated heterocycles. The summed E-state index contributed by atoms with van der Waals surface area (Å²) in [4.78, 5) is 12.4. The maximum Gasteiger partial charge on any atom is 0.508 e. The molecule has 0 aliphatic heterocycles. The van der Waals surface area contributed by atoms with Crippen molar-refractivity contribution in [3.63, 3.8) is 0 Å². The molecular weight excluding hydrogens is 406 g/mol. The zero-order valence-electron chi connectivity index (χ0n) is 17.4. The van der Waals surface area contributed by atoms with Crippen LogP contribution in [-0.2, 0) is 30.5 Å². The van der Waals surface area contributed by atoms with Crippen molar-refractivity contribution in [2.45, 2.75) is 37.2 Å². The molecule has 6 nitrogen and oxygen atoms in total. The maximum absolute atomic E-state index is 13.9. The molecule has 158 valence electrons. The van der Waals surface area contributed by atoms with Crippen LogP contribution in [0.15, 0.2) is 69.6 Å². The second-order valence-electron chi connectivity index (χ2n) is 7.58. The normalized spacial score (nSPS) is 14.5. The molecule has 2 aromatic carbocycles. The molecule has 0 spiro atoms. The summed E-state index contributed by atoms with van der Waals surface area (Å²) in [6.45, 7) is 6.53. The lowest BCUT2D eigenvalue weighted by Crippen LogP contribution is -2.33. The van der Waals surface area contributed by atoms with Gasteiger partial charge in [-0.3, -0.25) is 4.03 Å². The molecule has 0 N–H and O–H groups in total. The average molecular weight is 436 g/mol. The minimum absolute atomic E-state index is 0.0468. The Kier molecular flexibility index (Phi) is 8.42. The van der Waals surface area contributed by atoms with Crippen LogP contribution in [-0.4, -0.2) is 44.2 Å². The summed E-state index contributed by atoms with van der Waals surface area (Å²) in [7, 11) is -3.60. The fourth-order valence-electron chi connectivity index (χ4n) is 2.70. The van der Waals surface area contributed by atoms with Crippen LogP contribution in [0, 0.1) is 0 Å². The Bertz CT molecular complexity index is 890. The molecular formula is C21H29NO5SSi. The van der Waals surface area contributed by atoms with E-state index in [9.17, 15) is 9.00 Å². The van der Waals surface area contributed by atoms with E-state index in [4.69, 9.17) is 13.5 Å². The molecule has 2 unspecified atom stereocenters. The van der Waals surface area contributed by atoms with Crippen LogP contribution >= 0.6 is 0 Å². The summed E-state index contributed by atoms with van der Waals surface area (Å²) < 4.78 is 34.4. The van der Waals surface area contributed by atoms with E-state index in [2.05, 4.69) is 4.74 Å². The molecule has 0 aromatic heterocycles. The van der Waals surface area contributed by atoms with Gasteiger partial charge in [-0.05, 0) is 37.3 Å². The highest BCUT2D eigenvalue weighted by atomic mass is 32.2. The third kappa shape index (κ3) is 8.00. The van der Waals surface area contributed by atoms with E-state index in [0.29, 0.717) is 11.5 Å². The van der Waals surface area contributed by atoms with Crippen molar-refractivity contribution < 1.29 is 23.2 Å². The van der Waals surface area contributed by atoms with Gasteiger partial charge in [-0.1, -0.05) is 48.5 Å². The summed E-state index contributed by atoms with van der Waals surface area (Å²) in [6, 6.07) is 18.8. The van der Waals surface area contributed by atoms with Crippen molar-refractivity contribution in [2.75, 3.05) is 19.5 Å². The first kappa shape index (κ1) is 23.1. The van der Waals surface area contributed by atoms with E-state index < -0.39 is 30.2 Å². The molecule has 8 heteroatoms. The smallest absolute Gasteiger partial charge is 0.438 e. The minimum atomic E-state index is -2.80. The van der Waals surface area contributed by atoms with Crippen molar-refractivity contribution in [3.05, 3.63) is 66.2 Å². The van der Waals surface area contributed by atoms with Crippen molar-refractivity contribution in [1.29, 1.82) is 0 Å². The van der Waals surface area contributed by atoms with Crippen molar-refractivity contribution in [1.82, 2.24) is 0 Å². The Balaban J connectivity index is 2.24. The number of methoxy groups -OCH3 is 1. The molecule has 0 bridgehead atoms. The zero-order valence-corrected chi connectivity index (χ0v) is 19.2. The number of hydrogen-bond acceptors (Lipinski definition) is 6. The lowest BCUT2D eigenvalue weighted by Gasteiger charge is -2.22. The highest BCUT2D eigenvalue weighted by Crippen LogP contribution is 2.20. The van der Waals surface area contributed by atoms with Gasteiger partial charge in [-0.25, -0.2) is 9.00 Å². The predicted molar refractivity (Wildman–Crippen MR) is 117 cm³/mol. The number of benzene rings is 2. The van der Waals surface area contributed by atoms with Gasteiger partial charge in [0.15, 0.2) is 8.24 Å². The van der Waals surface area contributed by atoms with Crippen LogP contribution in [0.2, 0.25) is 19.6 Å². The van der Waals surface area contributed by atoms with Gasteiger partial charge in [-0.15, -0.1) is 0 Å². The summed E-state index contributed by atoms with van der Waals surface area (Å²) in [5, 5.41) is 0. The Morgan fingerprint density at radius 2 is 1.62 bits per heavy atom. The Hall–Kier alpha value is -2.16. The first-order valence-corrected chi connectivity index (χ1v) is 14.5. The highest BCUT2D eigenvalue weighted by Gasteiger charge is 2.26. The molecule has 29 heavy (non-hydrogen) atoms. The molecule has 2 atom stereocenters. The maximum atomic E-state index is 13.9. The number of carbonyl (C=O) groups is 1. The monoisotopic (exact) mass is 435 g/mol. The quantitative estimate of drug-likeness (QED) is 0.421. The standard InChI is InChI=1S/C21H29NO5SSi/c1-25-21(23)27-19(16-26-15-18-11-7-5-8-12-18)17-28(24,22-29(2,3)4)20-13-9-6-10-14-20/h5-14,19H,15-17H2,1-4H3. The first-order valence-electron chi connectivity index (χ1n) is 9.39. The van der Waals surface area contributed by atoms with E-state index in [1.807, 2.05) is 68.2 Å². The molecule has 2 aromatic rings. The molecule has 0 aliphatic carbocycles. The second-order valence-corrected chi connectivity index (χ2v) is 14.7. The van der Waals surface area contributed by atoms with Gasteiger partial charge in [0.2, 0.25) is 0 Å². The summed E-state index contributed by atoms with van der Waals surface area (Å²) in [5.41, 5.74) is 1.000. The summed E-state index contributed by atoms with van der Waals surface area (Å²) in [6.07, 6.45) is -1.58. The number of ether oxygens (including phenoxy) is 3. The zero-order chi connectivity index (χ0) is 21.3. The Morgan fingerprint density at radius 1 is 1.03 bits per heavy atom. The Labute approximate surface area is 174 Å². The topological polar surface area (TPSA) is 74.2 Å². The third-order valence-corrected chi connectivity index (χ3v) is 8.99. The third-order valence-electron chi connectivity index (χ3n) is 3.79. The van der Waals surface area contributed by atoms with Crippen LogP contribution in [0.1, 0.15) is 5.56 Å². The summed E-state index contributed by atoms with van der Waals surface area (Å²) in [5.74, 6) is 0.0468. The molecule has 0 amide bonds. The van der Waals surface area contributed by atoms with Crippen LogP contribution in [0.4, 0.5) is 4.79 Å². The van der Waals surface area contributed by atoms with Gasteiger partial charge in [0.1, 0.15) is 6.10 Å². The molecule has 0 heterocycles. The average Bonchev–Trinajstić information content (AvgIpc) is 2.68. The predicted octanol–water partition coefficient (Wildman–Crippen LogP) is 4.72. The second kappa shape index (κ2) is 10.6. The van der Waals surface area contributed by atoms with Crippen molar-refractivity contribution in [2.24, 2.45) is 4.03 Å². The van der Waals surface area contributed by atoms with Gasteiger partial charge in [-0.2, -0.15) is 0 Å². The van der Waals surface area contributed by atoms with E-state index in [0.717, 1.165) is 5.56 Å². The molecule has 2 rings (SSSR count). The number of hydrogen-bond donors (Lipinski definition) is 0. The fourth-order valence-corrected chi connectivity index (χ4v) is 8.40. The SMILES string of the molecule is COC(=O)OC(COCc1ccccc1)CS(=O)(=N[Si](C)(C)C)c1ccccc1.